The fourth-order valence-corrected chi connectivity index (χ4v) is 2.33. The number of hydrogen-bond donors (Lipinski definition) is 3. The maximum atomic E-state index is 11.6. The molecule has 0 spiro atoms. The summed E-state index contributed by atoms with van der Waals surface area (Å²) in [6.07, 6.45) is 0. The predicted molar refractivity (Wildman–Crippen MR) is 75.5 cm³/mol. The number of aromatic amines is 3. The second kappa shape index (κ2) is 4.36. The third-order valence-corrected chi connectivity index (χ3v) is 3.89. The standard InChI is InChI=1S/C11H6BrClN4O2/c12-5-3-1-2-4(6(5)13)8-14-7-9(15-8)16-11(19)17-10(7)18/h1-3H,(H3,14,15,16,17,18,19). The van der Waals surface area contributed by atoms with Crippen LogP contribution in [0.3, 0.4) is 0 Å². The van der Waals surface area contributed by atoms with Crippen molar-refractivity contribution in [1.82, 2.24) is 19.9 Å². The van der Waals surface area contributed by atoms with E-state index in [0.29, 0.717) is 16.4 Å². The minimum atomic E-state index is -0.601. The van der Waals surface area contributed by atoms with Gasteiger partial charge in [-0.15, -0.1) is 0 Å². The van der Waals surface area contributed by atoms with Crippen LogP contribution in [0.5, 0.6) is 0 Å². The van der Waals surface area contributed by atoms with Gasteiger partial charge in [-0.2, -0.15) is 0 Å². The topological polar surface area (TPSA) is 94.4 Å². The average Bonchev–Trinajstić information content (AvgIpc) is 2.76. The fraction of sp³-hybridized carbons (Fsp3) is 0. The second-order valence-corrected chi connectivity index (χ2v) is 5.05. The number of nitrogens with one attached hydrogen (secondary N) is 3. The maximum absolute atomic E-state index is 11.6. The number of nitrogens with zero attached hydrogens (tertiary/aromatic N) is 1. The Morgan fingerprint density at radius 3 is 2.74 bits per heavy atom. The number of benzene rings is 1. The lowest BCUT2D eigenvalue weighted by atomic mass is 10.2. The van der Waals surface area contributed by atoms with Gasteiger partial charge < -0.3 is 4.98 Å². The lowest BCUT2D eigenvalue weighted by Crippen LogP contribution is -2.21. The van der Waals surface area contributed by atoms with Crippen LogP contribution in [-0.2, 0) is 0 Å². The second-order valence-electron chi connectivity index (χ2n) is 3.82. The van der Waals surface area contributed by atoms with Crippen molar-refractivity contribution in [2.24, 2.45) is 0 Å². The molecular formula is C11H6BrClN4O2. The van der Waals surface area contributed by atoms with E-state index in [1.165, 1.54) is 0 Å². The molecule has 1 aromatic carbocycles. The number of aromatic nitrogens is 4. The van der Waals surface area contributed by atoms with Crippen LogP contribution in [0.2, 0.25) is 5.02 Å². The summed E-state index contributed by atoms with van der Waals surface area (Å²) in [5.41, 5.74) is -0.0996. The Labute approximate surface area is 119 Å². The normalized spacial score (nSPS) is 11.1. The van der Waals surface area contributed by atoms with Crippen LogP contribution in [0, 0.1) is 0 Å². The maximum Gasteiger partial charge on any atom is 0.327 e. The Morgan fingerprint density at radius 2 is 1.95 bits per heavy atom. The van der Waals surface area contributed by atoms with E-state index >= 15 is 0 Å². The van der Waals surface area contributed by atoms with Crippen molar-refractivity contribution in [3.63, 3.8) is 0 Å². The summed E-state index contributed by atoms with van der Waals surface area (Å²) in [4.78, 5) is 34.4. The molecule has 0 saturated carbocycles. The molecule has 0 aliphatic rings. The summed E-state index contributed by atoms with van der Waals surface area (Å²) in [5, 5.41) is 0.473. The van der Waals surface area contributed by atoms with Gasteiger partial charge in [-0.3, -0.25) is 14.8 Å². The third-order valence-electron chi connectivity index (χ3n) is 2.60. The van der Waals surface area contributed by atoms with Gasteiger partial charge in [0.05, 0.1) is 5.02 Å². The summed E-state index contributed by atoms with van der Waals surface area (Å²) in [7, 11) is 0. The highest BCUT2D eigenvalue weighted by atomic mass is 79.9. The van der Waals surface area contributed by atoms with Gasteiger partial charge in [0.2, 0.25) is 0 Å². The van der Waals surface area contributed by atoms with Gasteiger partial charge in [0.1, 0.15) is 11.3 Å². The molecule has 3 rings (SSSR count). The first kappa shape index (κ1) is 12.2. The summed E-state index contributed by atoms with van der Waals surface area (Å²) in [6.45, 7) is 0. The van der Waals surface area contributed by atoms with Gasteiger partial charge in [-0.25, -0.2) is 9.78 Å². The zero-order valence-corrected chi connectivity index (χ0v) is 11.6. The zero-order valence-electron chi connectivity index (χ0n) is 9.25. The van der Waals surface area contributed by atoms with Crippen LogP contribution in [0.25, 0.3) is 22.6 Å². The van der Waals surface area contributed by atoms with E-state index in [9.17, 15) is 9.59 Å². The quantitative estimate of drug-likeness (QED) is 0.632. The summed E-state index contributed by atoms with van der Waals surface area (Å²) < 4.78 is 0.717. The van der Waals surface area contributed by atoms with Crippen LogP contribution in [0.4, 0.5) is 0 Å². The molecule has 0 saturated heterocycles. The molecule has 19 heavy (non-hydrogen) atoms. The molecule has 0 atom stereocenters. The largest absolute Gasteiger partial charge is 0.332 e. The van der Waals surface area contributed by atoms with Crippen molar-refractivity contribution >= 4 is 38.7 Å². The van der Waals surface area contributed by atoms with Gasteiger partial charge in [0, 0.05) is 10.0 Å². The first-order valence-corrected chi connectivity index (χ1v) is 6.40. The first-order valence-electron chi connectivity index (χ1n) is 5.23. The van der Waals surface area contributed by atoms with Crippen molar-refractivity contribution in [2.75, 3.05) is 0 Å². The highest BCUT2D eigenvalue weighted by Crippen LogP contribution is 2.32. The third kappa shape index (κ3) is 2.00. The Balaban J connectivity index is 2.33. The van der Waals surface area contributed by atoms with Crippen molar-refractivity contribution < 1.29 is 0 Å². The average molecular weight is 342 g/mol. The van der Waals surface area contributed by atoms with Crippen molar-refractivity contribution in [1.29, 1.82) is 0 Å². The smallest absolute Gasteiger partial charge is 0.327 e. The molecule has 0 bridgehead atoms. The van der Waals surface area contributed by atoms with Crippen LogP contribution in [0.1, 0.15) is 0 Å². The Kier molecular flexibility index (Phi) is 2.79. The number of H-pyrrole nitrogens is 3. The van der Waals surface area contributed by atoms with Crippen LogP contribution < -0.4 is 11.2 Å². The number of fused-ring (bicyclic) bond motifs is 1. The van der Waals surface area contributed by atoms with E-state index in [1.54, 1.807) is 18.2 Å². The molecule has 2 aromatic heterocycles. The van der Waals surface area contributed by atoms with E-state index in [1.807, 2.05) is 0 Å². The van der Waals surface area contributed by atoms with Crippen molar-refractivity contribution in [3.05, 3.63) is 48.5 Å². The highest BCUT2D eigenvalue weighted by molar-refractivity contribution is 9.10. The summed E-state index contributed by atoms with van der Waals surface area (Å²) in [6, 6.07) is 5.35. The van der Waals surface area contributed by atoms with Crippen molar-refractivity contribution in [3.8, 4) is 11.4 Å². The minimum Gasteiger partial charge on any atom is -0.332 e. The Bertz CT molecular complexity index is 896. The number of imidazole rings is 1. The Hall–Kier alpha value is -1.86. The van der Waals surface area contributed by atoms with Gasteiger partial charge in [0.15, 0.2) is 5.65 Å². The monoisotopic (exact) mass is 340 g/mol. The molecule has 0 aliphatic carbocycles. The zero-order chi connectivity index (χ0) is 13.6. The van der Waals surface area contributed by atoms with Gasteiger partial charge in [-0.1, -0.05) is 17.7 Å². The summed E-state index contributed by atoms with van der Waals surface area (Å²) >= 11 is 9.48. The highest BCUT2D eigenvalue weighted by Gasteiger charge is 2.13. The fourth-order valence-electron chi connectivity index (χ4n) is 1.75. The molecule has 3 N–H and O–H groups in total. The number of halogens is 2. The van der Waals surface area contributed by atoms with E-state index in [0.717, 1.165) is 4.47 Å². The predicted octanol–water partition coefficient (Wildman–Crippen LogP) is 2.02. The molecular weight excluding hydrogens is 336 g/mol. The SMILES string of the molecule is O=c1[nH]c(=O)c2[nH]c(-c3cccc(Br)c3Cl)nc2[nH]1. The molecule has 0 amide bonds. The van der Waals surface area contributed by atoms with E-state index in [4.69, 9.17) is 11.6 Å². The lowest BCUT2D eigenvalue weighted by molar-refractivity contribution is 1.07. The summed E-state index contributed by atoms with van der Waals surface area (Å²) in [5.74, 6) is 0.411. The molecule has 96 valence electrons. The van der Waals surface area contributed by atoms with Gasteiger partial charge >= 0.3 is 5.69 Å². The molecule has 3 aromatic rings. The Morgan fingerprint density at radius 1 is 1.16 bits per heavy atom. The van der Waals surface area contributed by atoms with Crippen LogP contribution in [-0.4, -0.2) is 19.9 Å². The molecule has 2 heterocycles. The molecule has 0 unspecified atom stereocenters. The molecule has 0 aliphatic heterocycles. The van der Waals surface area contributed by atoms with Crippen LogP contribution >= 0.6 is 27.5 Å². The van der Waals surface area contributed by atoms with E-state index in [2.05, 4.69) is 35.9 Å². The number of hydrogen-bond acceptors (Lipinski definition) is 3. The minimum absolute atomic E-state index is 0.194. The molecule has 0 fully saturated rings. The van der Waals surface area contributed by atoms with E-state index < -0.39 is 11.2 Å². The molecule has 6 nitrogen and oxygen atoms in total. The lowest BCUT2D eigenvalue weighted by Gasteiger charge is -2.01. The van der Waals surface area contributed by atoms with E-state index in [-0.39, 0.29) is 11.2 Å². The van der Waals surface area contributed by atoms with Gasteiger partial charge in [0.25, 0.3) is 5.56 Å². The first-order chi connectivity index (χ1) is 9.06. The van der Waals surface area contributed by atoms with Crippen molar-refractivity contribution in [2.45, 2.75) is 0 Å². The van der Waals surface area contributed by atoms with Gasteiger partial charge in [-0.05, 0) is 28.1 Å². The molecule has 0 radical (unpaired) electrons. The number of rotatable bonds is 1. The molecule has 8 heteroatoms. The van der Waals surface area contributed by atoms with Crippen LogP contribution in [0.15, 0.2) is 32.3 Å².